The zero-order valence-corrected chi connectivity index (χ0v) is 12.2. The average Bonchev–Trinajstić information content (AvgIpc) is 2.77. The Kier molecular flexibility index (Phi) is 4.66. The molecule has 0 aromatic carbocycles. The van der Waals surface area contributed by atoms with Crippen LogP contribution in [0.3, 0.4) is 0 Å². The van der Waals surface area contributed by atoms with Crippen LogP contribution in [0.1, 0.15) is 25.7 Å². The summed E-state index contributed by atoms with van der Waals surface area (Å²) in [5, 5.41) is 9.28. The molecular weight excluding hydrogens is 294 g/mol. The maximum Gasteiger partial charge on any atom is 0.250 e. The van der Waals surface area contributed by atoms with Crippen LogP contribution in [-0.4, -0.2) is 26.2 Å². The van der Waals surface area contributed by atoms with Crippen molar-refractivity contribution >= 4 is 33.0 Å². The molecule has 2 unspecified atom stereocenters. The van der Waals surface area contributed by atoms with Crippen LogP contribution in [0.2, 0.25) is 4.34 Å². The molecule has 2 N–H and O–H groups in total. The molecule has 2 atom stereocenters. The second kappa shape index (κ2) is 5.88. The maximum atomic E-state index is 12.1. The summed E-state index contributed by atoms with van der Waals surface area (Å²) in [6.45, 7) is 0.0262. The van der Waals surface area contributed by atoms with Gasteiger partial charge in [-0.15, -0.1) is 11.3 Å². The van der Waals surface area contributed by atoms with Crippen LogP contribution < -0.4 is 4.72 Å². The van der Waals surface area contributed by atoms with Gasteiger partial charge in [-0.25, -0.2) is 13.1 Å². The molecule has 0 spiro atoms. The first-order valence-corrected chi connectivity index (χ1v) is 8.59. The van der Waals surface area contributed by atoms with Gasteiger partial charge in [0, 0.05) is 12.6 Å². The molecule has 1 aliphatic rings. The van der Waals surface area contributed by atoms with Crippen molar-refractivity contribution in [3.63, 3.8) is 0 Å². The first-order valence-electron chi connectivity index (χ1n) is 5.91. The summed E-state index contributed by atoms with van der Waals surface area (Å²) < 4.78 is 27.6. The molecule has 0 radical (unpaired) electrons. The van der Waals surface area contributed by atoms with Gasteiger partial charge in [-0.3, -0.25) is 0 Å². The maximum absolute atomic E-state index is 12.1. The van der Waals surface area contributed by atoms with Gasteiger partial charge in [0.2, 0.25) is 10.0 Å². The molecule has 1 saturated carbocycles. The summed E-state index contributed by atoms with van der Waals surface area (Å²) >= 11 is 6.80. The van der Waals surface area contributed by atoms with Gasteiger partial charge in [0.15, 0.2) is 0 Å². The molecule has 4 nitrogen and oxygen atoms in total. The Labute approximate surface area is 116 Å². The number of rotatable bonds is 4. The van der Waals surface area contributed by atoms with Gasteiger partial charge in [-0.2, -0.15) is 0 Å². The highest BCUT2D eigenvalue weighted by Crippen LogP contribution is 2.28. The Morgan fingerprint density at radius 1 is 1.39 bits per heavy atom. The standard InChI is InChI=1S/C11H16ClNO3S2/c12-10-5-6-11(17-10)18(15,16)13-9-4-2-1-3-8(9)7-14/h5-6,8-9,13-14H,1-4,7H2. The van der Waals surface area contributed by atoms with Gasteiger partial charge >= 0.3 is 0 Å². The molecule has 0 bridgehead atoms. The average molecular weight is 310 g/mol. The highest BCUT2D eigenvalue weighted by molar-refractivity contribution is 7.91. The van der Waals surface area contributed by atoms with E-state index < -0.39 is 10.0 Å². The molecule has 18 heavy (non-hydrogen) atoms. The molecule has 0 saturated heterocycles. The first-order chi connectivity index (χ1) is 8.53. The molecule has 2 rings (SSSR count). The fraction of sp³-hybridized carbons (Fsp3) is 0.636. The minimum absolute atomic E-state index is 0.0176. The number of sulfonamides is 1. The monoisotopic (exact) mass is 309 g/mol. The SMILES string of the molecule is O=S(=O)(NC1CCCCC1CO)c1ccc(Cl)s1. The molecule has 7 heteroatoms. The van der Waals surface area contributed by atoms with Crippen molar-refractivity contribution in [2.75, 3.05) is 6.61 Å². The smallest absolute Gasteiger partial charge is 0.250 e. The van der Waals surface area contributed by atoms with E-state index in [1.54, 1.807) is 6.07 Å². The van der Waals surface area contributed by atoms with E-state index in [0.29, 0.717) is 4.34 Å². The van der Waals surface area contributed by atoms with E-state index in [4.69, 9.17) is 11.6 Å². The molecule has 0 aliphatic heterocycles. The summed E-state index contributed by atoms with van der Waals surface area (Å²) in [7, 11) is -3.51. The summed E-state index contributed by atoms with van der Waals surface area (Å²) in [5.74, 6) is 0.0176. The fourth-order valence-electron chi connectivity index (χ4n) is 2.28. The number of nitrogens with one attached hydrogen (secondary N) is 1. The Bertz CT molecular complexity index is 500. The summed E-state index contributed by atoms with van der Waals surface area (Å²) in [6, 6.07) is 2.91. The lowest BCUT2D eigenvalue weighted by Crippen LogP contribution is -2.43. The highest BCUT2D eigenvalue weighted by Gasteiger charge is 2.29. The van der Waals surface area contributed by atoms with Gasteiger partial charge in [0.05, 0.1) is 4.34 Å². The predicted octanol–water partition coefficient (Wildman–Crippen LogP) is 2.23. The molecule has 1 aliphatic carbocycles. The predicted molar refractivity (Wildman–Crippen MR) is 72.5 cm³/mol. The Morgan fingerprint density at radius 3 is 2.72 bits per heavy atom. The summed E-state index contributed by atoms with van der Waals surface area (Å²) in [4.78, 5) is 0. The van der Waals surface area contributed by atoms with Gasteiger partial charge in [-0.05, 0) is 30.9 Å². The molecule has 1 heterocycles. The zero-order valence-electron chi connectivity index (χ0n) is 9.80. The van der Waals surface area contributed by atoms with E-state index >= 15 is 0 Å². The second-order valence-corrected chi connectivity index (χ2v) is 8.17. The van der Waals surface area contributed by atoms with E-state index in [2.05, 4.69) is 4.72 Å². The van der Waals surface area contributed by atoms with Crippen molar-refractivity contribution in [1.29, 1.82) is 0 Å². The van der Waals surface area contributed by atoms with Gasteiger partial charge in [-0.1, -0.05) is 24.4 Å². The van der Waals surface area contributed by atoms with Crippen molar-refractivity contribution in [3.8, 4) is 0 Å². The molecule has 1 aromatic heterocycles. The van der Waals surface area contributed by atoms with Gasteiger partial charge < -0.3 is 5.11 Å². The zero-order chi connectivity index (χ0) is 13.2. The Morgan fingerprint density at radius 2 is 2.11 bits per heavy atom. The lowest BCUT2D eigenvalue weighted by molar-refractivity contribution is 0.164. The van der Waals surface area contributed by atoms with E-state index in [-0.39, 0.29) is 22.8 Å². The van der Waals surface area contributed by atoms with Gasteiger partial charge in [0.25, 0.3) is 0 Å². The number of thiophene rings is 1. The van der Waals surface area contributed by atoms with Crippen molar-refractivity contribution < 1.29 is 13.5 Å². The number of hydrogen-bond acceptors (Lipinski definition) is 4. The van der Waals surface area contributed by atoms with E-state index in [0.717, 1.165) is 37.0 Å². The van der Waals surface area contributed by atoms with E-state index in [1.165, 1.54) is 6.07 Å². The molecule has 0 amide bonds. The van der Waals surface area contributed by atoms with Crippen molar-refractivity contribution in [2.45, 2.75) is 35.9 Å². The van der Waals surface area contributed by atoms with Crippen LogP contribution in [0.15, 0.2) is 16.3 Å². The van der Waals surface area contributed by atoms with E-state index in [1.807, 2.05) is 0 Å². The minimum Gasteiger partial charge on any atom is -0.396 e. The topological polar surface area (TPSA) is 66.4 Å². The normalized spacial score (nSPS) is 25.2. The van der Waals surface area contributed by atoms with Crippen LogP contribution in [0.25, 0.3) is 0 Å². The molecule has 1 aromatic rings. The second-order valence-electron chi connectivity index (χ2n) is 4.51. The third kappa shape index (κ3) is 3.24. The minimum atomic E-state index is -3.51. The summed E-state index contributed by atoms with van der Waals surface area (Å²) in [5.41, 5.74) is 0. The van der Waals surface area contributed by atoms with Crippen LogP contribution in [0.5, 0.6) is 0 Å². The number of aliphatic hydroxyl groups excluding tert-OH is 1. The lowest BCUT2D eigenvalue weighted by atomic mass is 9.86. The number of hydrogen-bond donors (Lipinski definition) is 2. The van der Waals surface area contributed by atoms with Crippen LogP contribution in [0.4, 0.5) is 0 Å². The lowest BCUT2D eigenvalue weighted by Gasteiger charge is -2.30. The van der Waals surface area contributed by atoms with Crippen LogP contribution in [-0.2, 0) is 10.0 Å². The fourth-order valence-corrected chi connectivity index (χ4v) is 5.12. The highest BCUT2D eigenvalue weighted by atomic mass is 35.5. The molecular formula is C11H16ClNO3S2. The van der Waals surface area contributed by atoms with Crippen molar-refractivity contribution in [1.82, 2.24) is 4.72 Å². The van der Waals surface area contributed by atoms with Crippen LogP contribution in [0, 0.1) is 5.92 Å². The molecule has 1 fully saturated rings. The Balaban J connectivity index is 2.12. The van der Waals surface area contributed by atoms with Crippen LogP contribution >= 0.6 is 22.9 Å². The van der Waals surface area contributed by atoms with E-state index in [9.17, 15) is 13.5 Å². The molecule has 102 valence electrons. The summed E-state index contributed by atoms with van der Waals surface area (Å²) in [6.07, 6.45) is 3.70. The van der Waals surface area contributed by atoms with Crippen molar-refractivity contribution in [3.05, 3.63) is 16.5 Å². The van der Waals surface area contributed by atoms with Gasteiger partial charge in [0.1, 0.15) is 4.21 Å². The quantitative estimate of drug-likeness (QED) is 0.896. The number of aliphatic hydroxyl groups is 1. The first kappa shape index (κ1) is 14.3. The van der Waals surface area contributed by atoms with Crippen molar-refractivity contribution in [2.24, 2.45) is 5.92 Å². The largest absolute Gasteiger partial charge is 0.396 e. The third-order valence-corrected chi connectivity index (χ3v) is 6.48. The third-order valence-electron chi connectivity index (χ3n) is 3.26. The number of halogens is 1. The Hall–Kier alpha value is -0.140.